The number of rotatable bonds is 5. The molecule has 3 heterocycles. The monoisotopic (exact) mass is 308 g/mol. The molecule has 7 nitrogen and oxygen atoms in total. The summed E-state index contributed by atoms with van der Waals surface area (Å²) in [6.07, 6.45) is 8.91. The zero-order chi connectivity index (χ0) is 15.2. The average Bonchev–Trinajstić information content (AvgIpc) is 3.10. The number of ether oxygens (including phenoxy) is 2. The maximum atomic E-state index is 12.2. The molecule has 0 saturated carbocycles. The molecule has 0 unspecified atom stereocenters. The molecule has 2 aliphatic heterocycles. The van der Waals surface area contributed by atoms with E-state index in [-0.39, 0.29) is 18.6 Å². The molecule has 0 N–H and O–H groups in total. The summed E-state index contributed by atoms with van der Waals surface area (Å²) in [5.74, 6) is 0.0815. The largest absolute Gasteiger partial charge is 0.376 e. The van der Waals surface area contributed by atoms with Gasteiger partial charge in [0.05, 0.1) is 12.7 Å². The fraction of sp³-hybridized carbons (Fsp3) is 0.800. The first kappa shape index (κ1) is 15.4. The van der Waals surface area contributed by atoms with Crippen LogP contribution in [0.1, 0.15) is 38.1 Å². The van der Waals surface area contributed by atoms with Gasteiger partial charge in [0.15, 0.2) is 0 Å². The smallest absolute Gasteiger partial charge is 0.248 e. The molecule has 1 aromatic rings. The minimum absolute atomic E-state index is 0.0815. The molecule has 2 aliphatic rings. The van der Waals surface area contributed by atoms with Crippen LogP contribution >= 0.6 is 0 Å². The molecule has 0 aliphatic carbocycles. The maximum absolute atomic E-state index is 12.2. The van der Waals surface area contributed by atoms with Crippen molar-refractivity contribution in [3.63, 3.8) is 0 Å². The number of aromatic nitrogens is 3. The van der Waals surface area contributed by atoms with E-state index >= 15 is 0 Å². The highest BCUT2D eigenvalue weighted by Crippen LogP contribution is 2.21. The van der Waals surface area contributed by atoms with Crippen molar-refractivity contribution in [3.8, 4) is 0 Å². The number of piperidine rings is 1. The maximum Gasteiger partial charge on any atom is 0.248 e. The quantitative estimate of drug-likeness (QED) is 0.812. The predicted octanol–water partition coefficient (Wildman–Crippen LogP) is 1.03. The summed E-state index contributed by atoms with van der Waals surface area (Å²) in [7, 11) is 0. The molecule has 2 saturated heterocycles. The molecule has 122 valence electrons. The Morgan fingerprint density at radius 3 is 2.64 bits per heavy atom. The van der Waals surface area contributed by atoms with E-state index in [4.69, 9.17) is 9.47 Å². The van der Waals surface area contributed by atoms with Crippen LogP contribution in [-0.2, 0) is 14.3 Å². The minimum atomic E-state index is 0.0815. The first-order chi connectivity index (χ1) is 10.8. The van der Waals surface area contributed by atoms with Gasteiger partial charge in [-0.15, -0.1) is 10.2 Å². The van der Waals surface area contributed by atoms with Crippen LogP contribution in [0.2, 0.25) is 0 Å². The predicted molar refractivity (Wildman–Crippen MR) is 79.3 cm³/mol. The van der Waals surface area contributed by atoms with Gasteiger partial charge in [0.2, 0.25) is 5.91 Å². The Kier molecular flexibility index (Phi) is 5.39. The van der Waals surface area contributed by atoms with Gasteiger partial charge in [-0.2, -0.15) is 0 Å². The van der Waals surface area contributed by atoms with Crippen molar-refractivity contribution in [2.24, 2.45) is 0 Å². The molecule has 1 aromatic heterocycles. The zero-order valence-corrected chi connectivity index (χ0v) is 12.9. The van der Waals surface area contributed by atoms with Gasteiger partial charge in [-0.05, 0) is 32.1 Å². The van der Waals surface area contributed by atoms with E-state index in [2.05, 4.69) is 10.2 Å². The van der Waals surface area contributed by atoms with Crippen molar-refractivity contribution in [2.45, 2.75) is 44.2 Å². The average molecular weight is 308 g/mol. The third-order valence-electron chi connectivity index (χ3n) is 4.48. The normalized spacial score (nSPS) is 23.6. The molecule has 2 fully saturated rings. The van der Waals surface area contributed by atoms with Crippen molar-refractivity contribution >= 4 is 5.91 Å². The summed E-state index contributed by atoms with van der Waals surface area (Å²) in [4.78, 5) is 14.1. The fourth-order valence-electron chi connectivity index (χ4n) is 3.12. The van der Waals surface area contributed by atoms with Crippen LogP contribution in [0, 0.1) is 0 Å². The second-order valence-electron chi connectivity index (χ2n) is 6.02. The Hall–Kier alpha value is -1.47. The molecule has 3 rings (SSSR count). The lowest BCUT2D eigenvalue weighted by Crippen LogP contribution is -2.41. The van der Waals surface area contributed by atoms with E-state index in [1.165, 1.54) is 6.42 Å². The van der Waals surface area contributed by atoms with Crippen LogP contribution < -0.4 is 0 Å². The van der Waals surface area contributed by atoms with Gasteiger partial charge < -0.3 is 18.9 Å². The van der Waals surface area contributed by atoms with E-state index in [0.717, 1.165) is 45.4 Å². The first-order valence-corrected chi connectivity index (χ1v) is 8.14. The number of carbonyl (C=O) groups excluding carboxylic acids is 1. The van der Waals surface area contributed by atoms with Crippen molar-refractivity contribution < 1.29 is 14.3 Å². The highest BCUT2D eigenvalue weighted by molar-refractivity contribution is 5.77. The third-order valence-corrected chi connectivity index (χ3v) is 4.48. The van der Waals surface area contributed by atoms with E-state index in [0.29, 0.717) is 12.6 Å². The summed E-state index contributed by atoms with van der Waals surface area (Å²) in [6, 6.07) is 0.399. The van der Waals surface area contributed by atoms with Crippen LogP contribution in [0.3, 0.4) is 0 Å². The molecule has 22 heavy (non-hydrogen) atoms. The fourth-order valence-corrected chi connectivity index (χ4v) is 3.12. The van der Waals surface area contributed by atoms with E-state index in [1.54, 1.807) is 12.7 Å². The highest BCUT2D eigenvalue weighted by Gasteiger charge is 2.24. The Morgan fingerprint density at radius 1 is 1.18 bits per heavy atom. The lowest BCUT2D eigenvalue weighted by atomic mass is 10.1. The topological polar surface area (TPSA) is 69.5 Å². The SMILES string of the molecule is O=C(COC[C@@H]1CCCCO1)N1CCC(n2cnnc2)CC1. The molecule has 7 heteroatoms. The Morgan fingerprint density at radius 2 is 1.95 bits per heavy atom. The van der Waals surface area contributed by atoms with Gasteiger partial charge in [-0.25, -0.2) is 0 Å². The summed E-state index contributed by atoms with van der Waals surface area (Å²) in [5.41, 5.74) is 0. The van der Waals surface area contributed by atoms with Crippen LogP contribution in [0.5, 0.6) is 0 Å². The number of hydrogen-bond donors (Lipinski definition) is 0. The van der Waals surface area contributed by atoms with Gasteiger partial charge in [-0.1, -0.05) is 0 Å². The molecule has 0 radical (unpaired) electrons. The number of amides is 1. The van der Waals surface area contributed by atoms with Crippen LogP contribution in [-0.4, -0.2) is 64.6 Å². The second kappa shape index (κ2) is 7.69. The number of likely N-dealkylation sites (tertiary alicyclic amines) is 1. The molecule has 0 aromatic carbocycles. The van der Waals surface area contributed by atoms with Crippen molar-refractivity contribution in [1.82, 2.24) is 19.7 Å². The molecular weight excluding hydrogens is 284 g/mol. The van der Waals surface area contributed by atoms with Crippen molar-refractivity contribution in [2.75, 3.05) is 32.9 Å². The molecule has 0 bridgehead atoms. The third kappa shape index (κ3) is 4.04. The Bertz CT molecular complexity index is 451. The standard InChI is InChI=1S/C15H24N4O3/c20-15(10-21-9-14-3-1-2-8-22-14)18-6-4-13(5-7-18)19-11-16-17-12-19/h11-14H,1-10H2/t14-/m0/s1. The molecular formula is C15H24N4O3. The van der Waals surface area contributed by atoms with Crippen LogP contribution in [0.4, 0.5) is 0 Å². The van der Waals surface area contributed by atoms with Crippen LogP contribution in [0.25, 0.3) is 0 Å². The Labute approximate surface area is 130 Å². The first-order valence-electron chi connectivity index (χ1n) is 8.14. The minimum Gasteiger partial charge on any atom is -0.376 e. The number of hydrogen-bond acceptors (Lipinski definition) is 5. The van der Waals surface area contributed by atoms with Crippen molar-refractivity contribution in [3.05, 3.63) is 12.7 Å². The number of carbonyl (C=O) groups is 1. The number of nitrogens with zero attached hydrogens (tertiary/aromatic N) is 4. The van der Waals surface area contributed by atoms with Gasteiger partial charge in [0, 0.05) is 25.7 Å². The molecule has 0 spiro atoms. The summed E-state index contributed by atoms with van der Waals surface area (Å²) < 4.78 is 13.2. The van der Waals surface area contributed by atoms with Gasteiger partial charge in [0.1, 0.15) is 19.3 Å². The van der Waals surface area contributed by atoms with E-state index < -0.39 is 0 Å². The second-order valence-corrected chi connectivity index (χ2v) is 6.02. The summed E-state index contributed by atoms with van der Waals surface area (Å²) >= 11 is 0. The van der Waals surface area contributed by atoms with Crippen LogP contribution in [0.15, 0.2) is 12.7 Å². The Balaban J connectivity index is 1.35. The molecule has 1 amide bonds. The van der Waals surface area contributed by atoms with E-state index in [1.807, 2.05) is 9.47 Å². The van der Waals surface area contributed by atoms with E-state index in [9.17, 15) is 4.79 Å². The van der Waals surface area contributed by atoms with Gasteiger partial charge in [0.25, 0.3) is 0 Å². The summed E-state index contributed by atoms with van der Waals surface area (Å²) in [6.45, 7) is 3.05. The van der Waals surface area contributed by atoms with Gasteiger partial charge in [-0.3, -0.25) is 4.79 Å². The van der Waals surface area contributed by atoms with Gasteiger partial charge >= 0.3 is 0 Å². The zero-order valence-electron chi connectivity index (χ0n) is 12.9. The molecule has 1 atom stereocenters. The lowest BCUT2D eigenvalue weighted by molar-refractivity contribution is -0.139. The van der Waals surface area contributed by atoms with Crippen molar-refractivity contribution in [1.29, 1.82) is 0 Å². The highest BCUT2D eigenvalue weighted by atomic mass is 16.5. The lowest BCUT2D eigenvalue weighted by Gasteiger charge is -2.32. The summed E-state index contributed by atoms with van der Waals surface area (Å²) in [5, 5.41) is 7.67.